The van der Waals surface area contributed by atoms with E-state index in [1.807, 2.05) is 24.7 Å². The number of aliphatic hydroxyl groups is 1. The van der Waals surface area contributed by atoms with Gasteiger partial charge in [-0.05, 0) is 79.0 Å². The second-order valence-electron chi connectivity index (χ2n) is 12.6. The summed E-state index contributed by atoms with van der Waals surface area (Å²) in [6.45, 7) is 8.01. The maximum Gasteiger partial charge on any atom is 0.306 e. The molecule has 4 aliphatic rings. The van der Waals surface area contributed by atoms with E-state index in [4.69, 9.17) is 4.74 Å². The molecule has 0 amide bonds. The lowest BCUT2D eigenvalue weighted by Crippen LogP contribution is -2.63. The van der Waals surface area contributed by atoms with E-state index in [0.717, 1.165) is 36.9 Å². The molecular formula is C30H36FN3O4S. The maximum absolute atomic E-state index is 13.4. The second kappa shape index (κ2) is 8.99. The Kier molecular flexibility index (Phi) is 6.16. The summed E-state index contributed by atoms with van der Waals surface area (Å²) in [4.78, 5) is 29.5. The summed E-state index contributed by atoms with van der Waals surface area (Å²) in [6.07, 6.45) is 8.69. The number of fused-ring (bicyclic) bond motifs is 6. The number of carbonyl (C=O) groups excluding carboxylic acids is 2. The number of aliphatic hydroxyl groups excluding tert-OH is 1. The number of hydrogen-bond acceptors (Lipinski definition) is 6. The summed E-state index contributed by atoms with van der Waals surface area (Å²) in [5, 5.41) is 16.1. The van der Waals surface area contributed by atoms with Gasteiger partial charge in [0.05, 0.1) is 29.9 Å². The number of thiol groups is 1. The van der Waals surface area contributed by atoms with Crippen molar-refractivity contribution in [1.82, 2.24) is 14.8 Å². The molecule has 0 bridgehead atoms. The van der Waals surface area contributed by atoms with Crippen LogP contribution in [0.1, 0.15) is 71.1 Å². The molecule has 6 rings (SSSR count). The lowest BCUT2D eigenvalue weighted by atomic mass is 9.45. The summed E-state index contributed by atoms with van der Waals surface area (Å²) in [5.41, 5.74) is 1.74. The average Bonchev–Trinajstić information content (AvgIpc) is 3.38. The Bertz CT molecular complexity index is 1370. The zero-order chi connectivity index (χ0) is 27.9. The zero-order valence-corrected chi connectivity index (χ0v) is 23.7. The van der Waals surface area contributed by atoms with E-state index in [1.54, 1.807) is 13.0 Å². The van der Waals surface area contributed by atoms with Crippen molar-refractivity contribution in [3.63, 3.8) is 0 Å². The van der Waals surface area contributed by atoms with E-state index >= 15 is 0 Å². The van der Waals surface area contributed by atoms with Crippen LogP contribution in [0.4, 0.5) is 4.39 Å². The number of halogens is 1. The molecule has 2 unspecified atom stereocenters. The summed E-state index contributed by atoms with van der Waals surface area (Å²) in [6, 6.07) is 3.01. The van der Waals surface area contributed by atoms with E-state index in [9.17, 15) is 19.1 Å². The van der Waals surface area contributed by atoms with Crippen molar-refractivity contribution in [1.29, 1.82) is 0 Å². The third-order valence-electron chi connectivity index (χ3n) is 10.8. The van der Waals surface area contributed by atoms with Gasteiger partial charge in [-0.25, -0.2) is 9.67 Å². The third kappa shape index (κ3) is 3.57. The van der Waals surface area contributed by atoms with Gasteiger partial charge in [0, 0.05) is 17.8 Å². The van der Waals surface area contributed by atoms with Gasteiger partial charge in [0.2, 0.25) is 11.1 Å². The molecule has 0 spiro atoms. The summed E-state index contributed by atoms with van der Waals surface area (Å²) in [5.74, 6) is -0.831. The highest BCUT2D eigenvalue weighted by Crippen LogP contribution is 2.69. The van der Waals surface area contributed by atoms with Gasteiger partial charge in [-0.3, -0.25) is 9.59 Å². The topological polar surface area (TPSA) is 94.3 Å². The Labute approximate surface area is 233 Å². The number of aromatic nitrogens is 3. The van der Waals surface area contributed by atoms with E-state index < -0.39 is 34.2 Å². The molecule has 9 heteroatoms. The summed E-state index contributed by atoms with van der Waals surface area (Å²) in [7, 11) is 0. The van der Waals surface area contributed by atoms with Crippen LogP contribution in [0.3, 0.4) is 0 Å². The first-order chi connectivity index (χ1) is 18.5. The molecule has 4 aliphatic carbocycles. The van der Waals surface area contributed by atoms with Gasteiger partial charge >= 0.3 is 5.97 Å². The first-order valence-electron chi connectivity index (χ1n) is 14.0. The van der Waals surface area contributed by atoms with Gasteiger partial charge in [-0.2, -0.15) is 9.49 Å². The van der Waals surface area contributed by atoms with Crippen LogP contribution in [-0.2, 0) is 20.7 Å². The number of esters is 1. The van der Waals surface area contributed by atoms with Crippen LogP contribution in [0.2, 0.25) is 0 Å². The number of ether oxygens (including phenoxy) is 1. The number of pyridine rings is 1. The minimum atomic E-state index is -1.35. The van der Waals surface area contributed by atoms with Crippen molar-refractivity contribution >= 4 is 29.8 Å². The highest BCUT2D eigenvalue weighted by molar-refractivity contribution is 7.96. The zero-order valence-electron chi connectivity index (χ0n) is 22.9. The largest absolute Gasteiger partial charge is 0.449 e. The van der Waals surface area contributed by atoms with E-state index in [1.165, 1.54) is 17.8 Å². The van der Waals surface area contributed by atoms with Gasteiger partial charge in [0.15, 0.2) is 5.60 Å². The standard InChI is InChI=1S/C30H36FN3O4S/c1-5-25(36)38-30(27(37)39)16(2)10-21-20-8-6-18-11-22-17(14-33-34(22)19-7-9-24(31)32-15-19)12-28(18,3)26(20)23(35)13-29(21,30)4/h7,9,11,14-16,20-21,23,26,35H,5-6,8,10,12-13H2,1-4H3,(H,37,39)/t16-,20+,21?,23+,26?,28+,29+,30+/m1/s1. The maximum atomic E-state index is 13.4. The predicted octanol–water partition coefficient (Wildman–Crippen LogP) is 4.95. The SMILES string of the molecule is CCC(=O)O[C@]1(C(=O)S)[C@H](C)CC2[C@@H]3CCC4=Cc5c(cnn5-c5ccc(F)nc5)C[C@]4(C)C3[C@@H](O)C[C@@]21C. The molecule has 208 valence electrons. The average molecular weight is 554 g/mol. The van der Waals surface area contributed by atoms with Gasteiger partial charge < -0.3 is 9.84 Å². The highest BCUT2D eigenvalue weighted by atomic mass is 32.1. The Hall–Kier alpha value is -2.52. The fourth-order valence-corrected chi connectivity index (χ4v) is 9.69. The van der Waals surface area contributed by atoms with Crippen molar-refractivity contribution in [2.75, 3.05) is 0 Å². The van der Waals surface area contributed by atoms with Crippen molar-refractivity contribution in [2.45, 2.75) is 77.9 Å². The molecule has 0 aliphatic heterocycles. The van der Waals surface area contributed by atoms with Crippen LogP contribution in [0.25, 0.3) is 11.8 Å². The lowest BCUT2D eigenvalue weighted by Gasteiger charge is -2.60. The van der Waals surface area contributed by atoms with E-state index in [0.29, 0.717) is 12.1 Å². The Balaban J connectivity index is 1.38. The molecule has 2 heterocycles. The normalized spacial score (nSPS) is 38.6. The van der Waals surface area contributed by atoms with Crippen LogP contribution in [0, 0.1) is 40.4 Å². The molecule has 2 aromatic heterocycles. The van der Waals surface area contributed by atoms with Crippen LogP contribution in [-0.4, -0.2) is 42.7 Å². The van der Waals surface area contributed by atoms with Gasteiger partial charge in [0.25, 0.3) is 0 Å². The molecule has 7 nitrogen and oxygen atoms in total. The van der Waals surface area contributed by atoms with Gasteiger partial charge in [0.1, 0.15) is 0 Å². The highest BCUT2D eigenvalue weighted by Gasteiger charge is 2.72. The third-order valence-corrected chi connectivity index (χ3v) is 11.1. The van der Waals surface area contributed by atoms with Crippen molar-refractivity contribution in [3.8, 4) is 5.69 Å². The van der Waals surface area contributed by atoms with Crippen LogP contribution in [0.5, 0.6) is 0 Å². The first-order valence-corrected chi connectivity index (χ1v) is 14.4. The minimum absolute atomic E-state index is 0.000501. The lowest BCUT2D eigenvalue weighted by molar-refractivity contribution is -0.201. The fourth-order valence-electron chi connectivity index (χ4n) is 9.17. The molecule has 1 N–H and O–H groups in total. The number of nitrogens with zero attached hydrogens (tertiary/aromatic N) is 3. The molecule has 3 saturated carbocycles. The van der Waals surface area contributed by atoms with Crippen molar-refractivity contribution in [3.05, 3.63) is 47.3 Å². The van der Waals surface area contributed by atoms with E-state index in [2.05, 4.69) is 35.7 Å². The van der Waals surface area contributed by atoms with Crippen LogP contribution in [0.15, 0.2) is 30.1 Å². The summed E-state index contributed by atoms with van der Waals surface area (Å²) >= 11 is 4.29. The molecule has 39 heavy (non-hydrogen) atoms. The number of allylic oxidation sites excluding steroid dienone is 1. The monoisotopic (exact) mass is 553 g/mol. The fraction of sp³-hybridized carbons (Fsp3) is 0.600. The molecule has 2 aromatic rings. The predicted molar refractivity (Wildman–Crippen MR) is 146 cm³/mol. The number of rotatable bonds is 4. The Morgan fingerprint density at radius 2 is 2.05 bits per heavy atom. The minimum Gasteiger partial charge on any atom is -0.449 e. The smallest absolute Gasteiger partial charge is 0.306 e. The molecule has 0 aromatic carbocycles. The Morgan fingerprint density at radius 3 is 2.72 bits per heavy atom. The molecule has 8 atom stereocenters. The summed E-state index contributed by atoms with van der Waals surface area (Å²) < 4.78 is 21.3. The van der Waals surface area contributed by atoms with Gasteiger partial charge in [-0.1, -0.05) is 33.3 Å². The second-order valence-corrected chi connectivity index (χ2v) is 13.0. The number of carbonyl (C=O) groups is 2. The van der Waals surface area contributed by atoms with Crippen molar-refractivity contribution in [2.24, 2.45) is 34.5 Å². The molecule has 0 radical (unpaired) electrons. The molecule has 3 fully saturated rings. The van der Waals surface area contributed by atoms with Crippen LogP contribution >= 0.6 is 12.6 Å². The van der Waals surface area contributed by atoms with Crippen molar-refractivity contribution < 1.29 is 23.8 Å². The molecular weight excluding hydrogens is 517 g/mol. The molecule has 0 saturated heterocycles. The van der Waals surface area contributed by atoms with Crippen LogP contribution < -0.4 is 0 Å². The van der Waals surface area contributed by atoms with E-state index in [-0.39, 0.29) is 35.5 Å². The number of hydrogen-bond donors (Lipinski definition) is 2. The first kappa shape index (κ1) is 26.7. The quantitative estimate of drug-likeness (QED) is 0.316. The van der Waals surface area contributed by atoms with Gasteiger partial charge in [-0.15, -0.1) is 12.6 Å². The Morgan fingerprint density at radius 1 is 1.28 bits per heavy atom.